The highest BCUT2D eigenvalue weighted by Crippen LogP contribution is 2.34. The first-order valence-electron chi connectivity index (χ1n) is 5.57. The van der Waals surface area contributed by atoms with Gasteiger partial charge in [-0.3, -0.25) is 0 Å². The van der Waals surface area contributed by atoms with Crippen molar-refractivity contribution in [3.8, 4) is 0 Å². The zero-order valence-corrected chi connectivity index (χ0v) is 12.2. The van der Waals surface area contributed by atoms with Crippen LogP contribution in [0.2, 0.25) is 0 Å². The van der Waals surface area contributed by atoms with Gasteiger partial charge in [-0.2, -0.15) is 0 Å². The van der Waals surface area contributed by atoms with Crippen molar-refractivity contribution in [2.45, 2.75) is 32.2 Å². The van der Waals surface area contributed by atoms with Gasteiger partial charge in [0.05, 0.1) is 16.6 Å². The van der Waals surface area contributed by atoms with Gasteiger partial charge in [-0.25, -0.2) is 0 Å². The molecule has 5 heteroatoms. The third kappa shape index (κ3) is 2.56. The molecule has 0 spiro atoms. The molecule has 1 N–H and O–H groups in total. The third-order valence-electron chi connectivity index (χ3n) is 2.60. The van der Waals surface area contributed by atoms with E-state index in [1.807, 2.05) is 7.05 Å². The van der Waals surface area contributed by atoms with E-state index >= 15 is 0 Å². The molecule has 0 saturated carbocycles. The molecule has 17 heavy (non-hydrogen) atoms. The molecule has 1 unspecified atom stereocenters. The Morgan fingerprint density at radius 2 is 2.12 bits per heavy atom. The van der Waals surface area contributed by atoms with Crippen LogP contribution in [0.1, 0.15) is 42.3 Å². The number of nitrogens with one attached hydrogen (secondary N) is 1. The Morgan fingerprint density at radius 3 is 2.65 bits per heavy atom. The van der Waals surface area contributed by atoms with Crippen LogP contribution in [0.15, 0.2) is 17.5 Å². The molecule has 0 aliphatic carbocycles. The van der Waals surface area contributed by atoms with Crippen LogP contribution in [0.4, 0.5) is 0 Å². The highest BCUT2D eigenvalue weighted by Gasteiger charge is 2.27. The smallest absolute Gasteiger partial charge is 0.0860 e. The fourth-order valence-electron chi connectivity index (χ4n) is 1.76. The molecule has 2 aromatic heterocycles. The number of aromatic nitrogens is 2. The van der Waals surface area contributed by atoms with Crippen LogP contribution in [0.5, 0.6) is 0 Å². The Balaban J connectivity index is 2.42. The minimum absolute atomic E-state index is 0.0364. The molecule has 0 amide bonds. The Morgan fingerprint density at radius 1 is 1.35 bits per heavy atom. The van der Waals surface area contributed by atoms with Gasteiger partial charge >= 0.3 is 0 Å². The second kappa shape index (κ2) is 4.84. The molecule has 0 saturated heterocycles. The molecule has 3 nitrogen and oxygen atoms in total. The van der Waals surface area contributed by atoms with Crippen LogP contribution in [0.25, 0.3) is 0 Å². The van der Waals surface area contributed by atoms with E-state index in [0.29, 0.717) is 0 Å². The van der Waals surface area contributed by atoms with Crippen molar-refractivity contribution in [1.29, 1.82) is 0 Å². The van der Waals surface area contributed by atoms with Gasteiger partial charge < -0.3 is 5.32 Å². The molecular formula is C12H17N3S2. The minimum atomic E-state index is 0.0364. The minimum Gasteiger partial charge on any atom is -0.308 e. The van der Waals surface area contributed by atoms with E-state index in [1.165, 1.54) is 21.3 Å². The first-order chi connectivity index (χ1) is 8.04. The molecule has 0 aliphatic rings. The molecule has 0 radical (unpaired) electrons. The maximum absolute atomic E-state index is 4.30. The van der Waals surface area contributed by atoms with E-state index in [4.69, 9.17) is 0 Å². The molecule has 92 valence electrons. The Kier molecular flexibility index (Phi) is 3.61. The summed E-state index contributed by atoms with van der Waals surface area (Å²) in [6.07, 6.45) is 0. The van der Waals surface area contributed by atoms with E-state index in [-0.39, 0.29) is 11.5 Å². The van der Waals surface area contributed by atoms with Crippen LogP contribution in [-0.2, 0) is 5.41 Å². The average Bonchev–Trinajstić information content (AvgIpc) is 2.87. The Bertz CT molecular complexity index is 468. The van der Waals surface area contributed by atoms with E-state index in [1.54, 1.807) is 11.3 Å². The van der Waals surface area contributed by atoms with Crippen molar-refractivity contribution in [1.82, 2.24) is 14.9 Å². The maximum Gasteiger partial charge on any atom is 0.0860 e. The first kappa shape index (κ1) is 12.7. The normalized spacial score (nSPS) is 13.9. The van der Waals surface area contributed by atoms with Crippen molar-refractivity contribution < 1.29 is 0 Å². The number of nitrogens with zero attached hydrogens (tertiary/aromatic N) is 2. The number of hydrogen-bond acceptors (Lipinski definition) is 5. The van der Waals surface area contributed by atoms with Gasteiger partial charge in [-0.05, 0) is 30.0 Å². The van der Waals surface area contributed by atoms with Crippen molar-refractivity contribution in [3.05, 3.63) is 33.0 Å². The summed E-state index contributed by atoms with van der Waals surface area (Å²) >= 11 is 3.25. The van der Waals surface area contributed by atoms with Crippen molar-refractivity contribution >= 4 is 22.9 Å². The molecule has 0 aliphatic heterocycles. The van der Waals surface area contributed by atoms with Gasteiger partial charge in [0.25, 0.3) is 0 Å². The molecule has 0 bridgehead atoms. The highest BCUT2D eigenvalue weighted by atomic mass is 32.1. The van der Waals surface area contributed by atoms with Gasteiger partial charge in [0, 0.05) is 10.3 Å². The Labute approximate surface area is 110 Å². The van der Waals surface area contributed by atoms with Gasteiger partial charge in [0.1, 0.15) is 0 Å². The van der Waals surface area contributed by atoms with E-state index in [0.717, 1.165) is 5.69 Å². The largest absolute Gasteiger partial charge is 0.308 e. The van der Waals surface area contributed by atoms with Crippen molar-refractivity contribution in [2.24, 2.45) is 0 Å². The zero-order valence-electron chi connectivity index (χ0n) is 10.5. The summed E-state index contributed by atoms with van der Waals surface area (Å²) in [5, 5.41) is 9.76. The molecule has 2 aromatic rings. The number of hydrogen-bond donors (Lipinski definition) is 1. The molecule has 1 atom stereocenters. The molecular weight excluding hydrogens is 250 g/mol. The fraction of sp³-hybridized carbons (Fsp3) is 0.500. The van der Waals surface area contributed by atoms with Gasteiger partial charge in [0.15, 0.2) is 0 Å². The second-order valence-corrected chi connectivity index (χ2v) is 6.74. The van der Waals surface area contributed by atoms with Gasteiger partial charge in [0.2, 0.25) is 0 Å². The summed E-state index contributed by atoms with van der Waals surface area (Å²) in [5.41, 5.74) is 1.13. The average molecular weight is 267 g/mol. The lowest BCUT2D eigenvalue weighted by atomic mass is 9.90. The van der Waals surface area contributed by atoms with E-state index < -0.39 is 0 Å². The summed E-state index contributed by atoms with van der Waals surface area (Å²) in [7, 11) is 1.98. The molecule has 2 heterocycles. The van der Waals surface area contributed by atoms with Gasteiger partial charge in [-0.15, -0.1) is 16.4 Å². The zero-order chi connectivity index (χ0) is 12.5. The second-order valence-electron chi connectivity index (χ2n) is 4.97. The topological polar surface area (TPSA) is 37.8 Å². The lowest BCUT2D eigenvalue weighted by Crippen LogP contribution is -2.21. The molecule has 2 rings (SSSR count). The van der Waals surface area contributed by atoms with Crippen LogP contribution in [0, 0.1) is 0 Å². The third-order valence-corrected chi connectivity index (χ3v) is 4.33. The first-order valence-corrected chi connectivity index (χ1v) is 7.22. The van der Waals surface area contributed by atoms with Crippen LogP contribution < -0.4 is 5.32 Å². The van der Waals surface area contributed by atoms with Gasteiger partial charge in [-0.1, -0.05) is 31.3 Å². The summed E-state index contributed by atoms with van der Waals surface area (Å²) in [6.45, 7) is 6.52. The fourth-order valence-corrected chi connectivity index (χ4v) is 3.68. The quantitative estimate of drug-likeness (QED) is 0.928. The molecule has 0 fully saturated rings. The number of thiophene rings is 1. The molecule has 0 aromatic carbocycles. The lowest BCUT2D eigenvalue weighted by molar-refractivity contribution is 0.550. The van der Waals surface area contributed by atoms with E-state index in [2.05, 4.69) is 53.2 Å². The lowest BCUT2D eigenvalue weighted by Gasteiger charge is -2.20. The van der Waals surface area contributed by atoms with E-state index in [9.17, 15) is 0 Å². The summed E-state index contributed by atoms with van der Waals surface area (Å²) in [6, 6.07) is 4.44. The number of rotatable bonds is 3. The Hall–Kier alpha value is -0.780. The summed E-state index contributed by atoms with van der Waals surface area (Å²) in [4.78, 5) is 2.53. The van der Waals surface area contributed by atoms with Crippen molar-refractivity contribution in [2.75, 3.05) is 7.05 Å². The standard InChI is InChI=1S/C12H17N3S2/c1-12(2,3)11-10(17-15-14-11)9(13-4)8-6-5-7-16-8/h5-7,9,13H,1-4H3. The van der Waals surface area contributed by atoms with Crippen molar-refractivity contribution in [3.63, 3.8) is 0 Å². The van der Waals surface area contributed by atoms with Crippen LogP contribution in [0.3, 0.4) is 0 Å². The predicted molar refractivity (Wildman–Crippen MR) is 73.8 cm³/mol. The monoisotopic (exact) mass is 267 g/mol. The predicted octanol–water partition coefficient (Wildman–Crippen LogP) is 3.21. The van der Waals surface area contributed by atoms with Crippen LogP contribution in [-0.4, -0.2) is 16.6 Å². The highest BCUT2D eigenvalue weighted by molar-refractivity contribution is 7.10. The SMILES string of the molecule is CNC(c1cccs1)c1snnc1C(C)(C)C. The summed E-state index contributed by atoms with van der Waals surface area (Å²) < 4.78 is 4.12. The summed E-state index contributed by atoms with van der Waals surface area (Å²) in [5.74, 6) is 0. The van der Waals surface area contributed by atoms with Crippen LogP contribution >= 0.6 is 22.9 Å². The maximum atomic E-state index is 4.30.